The second-order valence-electron chi connectivity index (χ2n) is 7.57. The van der Waals surface area contributed by atoms with Gasteiger partial charge in [0.15, 0.2) is 5.11 Å². The minimum Gasteiger partial charge on any atom is -0.330 e. The number of anilines is 2. The van der Waals surface area contributed by atoms with Crippen LogP contribution in [0.15, 0.2) is 54.9 Å². The minimum absolute atomic E-state index is 0.259. The van der Waals surface area contributed by atoms with E-state index in [-0.39, 0.29) is 5.82 Å². The summed E-state index contributed by atoms with van der Waals surface area (Å²) in [5.41, 5.74) is 5.18. The minimum atomic E-state index is -0.259. The van der Waals surface area contributed by atoms with Gasteiger partial charge in [-0.15, -0.1) is 0 Å². The number of nitrogens with one attached hydrogen (secondary N) is 2. The summed E-state index contributed by atoms with van der Waals surface area (Å²) in [6.07, 6.45) is 3.53. The zero-order valence-electron chi connectivity index (χ0n) is 17.9. The molecule has 33 heavy (non-hydrogen) atoms. The molecule has 0 atom stereocenters. The van der Waals surface area contributed by atoms with E-state index in [0.29, 0.717) is 28.2 Å². The van der Waals surface area contributed by atoms with Crippen LogP contribution in [0.25, 0.3) is 0 Å². The lowest BCUT2D eigenvalue weighted by molar-refractivity contribution is 0.622. The largest absolute Gasteiger partial charge is 0.330 e. The molecule has 0 bridgehead atoms. The van der Waals surface area contributed by atoms with Crippen LogP contribution in [-0.4, -0.2) is 24.7 Å². The van der Waals surface area contributed by atoms with Crippen LogP contribution in [0, 0.1) is 19.7 Å². The zero-order valence-corrected chi connectivity index (χ0v) is 20.3. The Kier molecular flexibility index (Phi) is 6.97. The van der Waals surface area contributed by atoms with Crippen molar-refractivity contribution < 1.29 is 4.39 Å². The summed E-state index contributed by atoms with van der Waals surface area (Å²) in [5.74, 6) is -0.259. The molecule has 0 unspecified atom stereocenters. The first kappa shape index (κ1) is 23.2. The first-order chi connectivity index (χ1) is 15.8. The highest BCUT2D eigenvalue weighted by molar-refractivity contribution is 7.80. The predicted molar refractivity (Wildman–Crippen MR) is 135 cm³/mol. The van der Waals surface area contributed by atoms with E-state index >= 15 is 0 Å². The van der Waals surface area contributed by atoms with Gasteiger partial charge in [0, 0.05) is 16.2 Å². The number of benzene rings is 2. The Balaban J connectivity index is 1.40. The number of nitrogens with zero attached hydrogens (tertiary/aromatic N) is 4. The van der Waals surface area contributed by atoms with Gasteiger partial charge in [-0.3, -0.25) is 9.36 Å². The van der Waals surface area contributed by atoms with E-state index in [9.17, 15) is 4.39 Å². The van der Waals surface area contributed by atoms with E-state index in [1.165, 1.54) is 12.1 Å². The maximum Gasteiger partial charge on any atom is 0.175 e. The Hall–Kier alpha value is -2.94. The normalized spacial score (nSPS) is 10.9. The van der Waals surface area contributed by atoms with E-state index in [1.807, 2.05) is 30.8 Å². The second-order valence-corrected chi connectivity index (χ2v) is 8.82. The quantitative estimate of drug-likeness (QED) is 0.314. The number of hydrogen-bond acceptors (Lipinski definition) is 3. The molecular formula is C23H21Cl2FN6S. The highest BCUT2D eigenvalue weighted by Crippen LogP contribution is 2.23. The van der Waals surface area contributed by atoms with Crippen LogP contribution in [-0.2, 0) is 13.1 Å². The molecule has 0 aliphatic heterocycles. The second kappa shape index (κ2) is 9.91. The number of thiocarbonyl (C=S) groups is 1. The van der Waals surface area contributed by atoms with Crippen LogP contribution >= 0.6 is 35.4 Å². The molecule has 10 heteroatoms. The van der Waals surface area contributed by atoms with Crippen molar-refractivity contribution in [3.05, 3.63) is 93.2 Å². The van der Waals surface area contributed by atoms with Gasteiger partial charge in [-0.25, -0.2) is 4.39 Å². The SMILES string of the molecule is Cc1nn(Cc2ccc(F)cc2)c(C)c1NC(=S)Nc1cnn(Cc2ccc(Cl)cc2Cl)c1. The van der Waals surface area contributed by atoms with E-state index in [0.717, 1.165) is 33.9 Å². The highest BCUT2D eigenvalue weighted by atomic mass is 35.5. The topological polar surface area (TPSA) is 59.7 Å². The molecule has 0 fully saturated rings. The molecule has 0 radical (unpaired) electrons. The molecule has 2 N–H and O–H groups in total. The number of aryl methyl sites for hydroxylation is 1. The first-order valence-electron chi connectivity index (χ1n) is 10.1. The van der Waals surface area contributed by atoms with Gasteiger partial charge < -0.3 is 10.6 Å². The maximum absolute atomic E-state index is 13.2. The van der Waals surface area contributed by atoms with Crippen LogP contribution < -0.4 is 10.6 Å². The molecule has 170 valence electrons. The summed E-state index contributed by atoms with van der Waals surface area (Å²) >= 11 is 17.7. The summed E-state index contributed by atoms with van der Waals surface area (Å²) in [6, 6.07) is 11.8. The summed E-state index contributed by atoms with van der Waals surface area (Å²) in [6.45, 7) is 4.91. The molecule has 0 aliphatic carbocycles. The lowest BCUT2D eigenvalue weighted by Crippen LogP contribution is -2.19. The van der Waals surface area contributed by atoms with Gasteiger partial charge in [0.1, 0.15) is 5.82 Å². The molecule has 2 heterocycles. The fourth-order valence-corrected chi connectivity index (χ4v) is 4.10. The standard InChI is InChI=1S/C23H21Cl2FN6S/c1-14-22(15(2)32(30-14)11-16-3-7-19(26)8-4-16)29-23(33)28-20-10-27-31(13-20)12-17-5-6-18(24)9-21(17)25/h3-10,13H,11-12H2,1-2H3,(H2,28,29,33). The van der Waals surface area contributed by atoms with Gasteiger partial charge in [-0.05, 0) is 61.5 Å². The molecule has 4 aromatic rings. The van der Waals surface area contributed by atoms with Gasteiger partial charge in [-0.1, -0.05) is 41.4 Å². The number of aromatic nitrogens is 4. The molecule has 4 rings (SSSR count). The van der Waals surface area contributed by atoms with Crippen molar-refractivity contribution in [1.29, 1.82) is 0 Å². The Morgan fingerprint density at radius 1 is 1.06 bits per heavy atom. The Morgan fingerprint density at radius 2 is 1.82 bits per heavy atom. The van der Waals surface area contributed by atoms with Crippen LogP contribution in [0.2, 0.25) is 10.0 Å². The van der Waals surface area contributed by atoms with Gasteiger partial charge in [0.2, 0.25) is 0 Å². The van der Waals surface area contributed by atoms with Crippen molar-refractivity contribution in [3.63, 3.8) is 0 Å². The van der Waals surface area contributed by atoms with Crippen molar-refractivity contribution in [2.75, 3.05) is 10.6 Å². The van der Waals surface area contributed by atoms with Crippen molar-refractivity contribution >= 4 is 51.9 Å². The number of hydrogen-bond donors (Lipinski definition) is 2. The van der Waals surface area contributed by atoms with Crippen LogP contribution in [0.3, 0.4) is 0 Å². The molecule has 0 spiro atoms. The van der Waals surface area contributed by atoms with Crippen LogP contribution in [0.1, 0.15) is 22.5 Å². The van der Waals surface area contributed by atoms with Gasteiger partial charge >= 0.3 is 0 Å². The average Bonchev–Trinajstić information content (AvgIpc) is 3.31. The van der Waals surface area contributed by atoms with E-state index in [4.69, 9.17) is 35.4 Å². The third-order valence-electron chi connectivity index (χ3n) is 5.10. The maximum atomic E-state index is 13.2. The fourth-order valence-electron chi connectivity index (χ4n) is 3.41. The smallest absolute Gasteiger partial charge is 0.175 e. The van der Waals surface area contributed by atoms with E-state index in [1.54, 1.807) is 35.1 Å². The number of halogens is 3. The lowest BCUT2D eigenvalue weighted by atomic mass is 10.2. The summed E-state index contributed by atoms with van der Waals surface area (Å²) in [5, 5.41) is 16.9. The molecule has 0 amide bonds. The van der Waals surface area contributed by atoms with Crippen LogP contribution in [0.4, 0.5) is 15.8 Å². The molecule has 2 aromatic carbocycles. The van der Waals surface area contributed by atoms with E-state index in [2.05, 4.69) is 20.8 Å². The van der Waals surface area contributed by atoms with Crippen molar-refractivity contribution in [3.8, 4) is 0 Å². The molecule has 0 saturated heterocycles. The first-order valence-corrected chi connectivity index (χ1v) is 11.3. The zero-order chi connectivity index (χ0) is 23.5. The summed E-state index contributed by atoms with van der Waals surface area (Å²) < 4.78 is 16.8. The monoisotopic (exact) mass is 502 g/mol. The molecular weight excluding hydrogens is 482 g/mol. The van der Waals surface area contributed by atoms with Crippen molar-refractivity contribution in [2.45, 2.75) is 26.9 Å². The van der Waals surface area contributed by atoms with Gasteiger partial charge in [-0.2, -0.15) is 10.2 Å². The Labute approximate surface area is 206 Å². The number of rotatable bonds is 6. The molecule has 6 nitrogen and oxygen atoms in total. The third-order valence-corrected chi connectivity index (χ3v) is 5.90. The Bertz CT molecular complexity index is 1300. The van der Waals surface area contributed by atoms with Crippen molar-refractivity contribution in [1.82, 2.24) is 19.6 Å². The lowest BCUT2D eigenvalue weighted by Gasteiger charge is -2.10. The van der Waals surface area contributed by atoms with Gasteiger partial charge in [0.05, 0.1) is 42.0 Å². The molecule has 2 aromatic heterocycles. The van der Waals surface area contributed by atoms with Gasteiger partial charge in [0.25, 0.3) is 0 Å². The van der Waals surface area contributed by atoms with Crippen LogP contribution in [0.5, 0.6) is 0 Å². The average molecular weight is 503 g/mol. The third kappa shape index (κ3) is 5.71. The predicted octanol–water partition coefficient (Wildman–Crippen LogP) is 6.05. The van der Waals surface area contributed by atoms with E-state index < -0.39 is 0 Å². The molecule has 0 aliphatic rings. The summed E-state index contributed by atoms with van der Waals surface area (Å²) in [4.78, 5) is 0. The van der Waals surface area contributed by atoms with Crippen molar-refractivity contribution in [2.24, 2.45) is 0 Å². The summed E-state index contributed by atoms with van der Waals surface area (Å²) in [7, 11) is 0. The Morgan fingerprint density at radius 3 is 2.55 bits per heavy atom. The fraction of sp³-hybridized carbons (Fsp3) is 0.174. The molecule has 0 saturated carbocycles. The highest BCUT2D eigenvalue weighted by Gasteiger charge is 2.14.